The van der Waals surface area contributed by atoms with E-state index in [4.69, 9.17) is 0 Å². The molecule has 0 aliphatic heterocycles. The number of nitro groups is 1. The third-order valence-electron chi connectivity index (χ3n) is 2.52. The summed E-state index contributed by atoms with van der Waals surface area (Å²) in [4.78, 5) is 21.6. The molecule has 6 heteroatoms. The summed E-state index contributed by atoms with van der Waals surface area (Å²) in [6.07, 6.45) is 0. The fraction of sp³-hybridized carbons (Fsp3) is 0.417. The van der Waals surface area contributed by atoms with Crippen molar-refractivity contribution in [2.24, 2.45) is 0 Å². The number of ether oxygens (including phenoxy) is 1. The highest BCUT2D eigenvalue weighted by molar-refractivity contribution is 5.91. The highest BCUT2D eigenvalue weighted by Crippen LogP contribution is 2.38. The third-order valence-corrected chi connectivity index (χ3v) is 2.52. The van der Waals surface area contributed by atoms with Gasteiger partial charge in [-0.1, -0.05) is 20.8 Å². The van der Waals surface area contributed by atoms with Crippen molar-refractivity contribution in [2.75, 3.05) is 7.11 Å². The van der Waals surface area contributed by atoms with Crippen molar-refractivity contribution >= 4 is 11.7 Å². The predicted molar refractivity (Wildman–Crippen MR) is 64.8 cm³/mol. The van der Waals surface area contributed by atoms with Gasteiger partial charge in [0.25, 0.3) is 0 Å². The van der Waals surface area contributed by atoms with Gasteiger partial charge in [-0.15, -0.1) is 0 Å². The van der Waals surface area contributed by atoms with Gasteiger partial charge in [-0.2, -0.15) is 0 Å². The molecule has 0 spiro atoms. The van der Waals surface area contributed by atoms with Gasteiger partial charge in [-0.05, 0) is 11.5 Å². The normalized spacial score (nSPS) is 11.1. The fourth-order valence-electron chi connectivity index (χ4n) is 1.57. The Balaban J connectivity index is 3.57. The molecule has 0 unspecified atom stereocenters. The molecule has 0 fully saturated rings. The van der Waals surface area contributed by atoms with Crippen molar-refractivity contribution < 1.29 is 19.6 Å². The number of hydrogen-bond donors (Lipinski definition) is 1. The molecule has 1 aromatic carbocycles. The summed E-state index contributed by atoms with van der Waals surface area (Å²) < 4.78 is 4.54. The minimum Gasteiger partial charge on any atom is -0.502 e. The molecule has 6 nitrogen and oxygen atoms in total. The summed E-state index contributed by atoms with van der Waals surface area (Å²) in [6.45, 7) is 5.35. The second-order valence-electron chi connectivity index (χ2n) is 4.89. The van der Waals surface area contributed by atoms with E-state index in [1.807, 2.05) is 0 Å². The largest absolute Gasteiger partial charge is 0.502 e. The summed E-state index contributed by atoms with van der Waals surface area (Å²) in [5.41, 5.74) is -0.648. The zero-order valence-electron chi connectivity index (χ0n) is 10.7. The molecule has 0 amide bonds. The number of carbonyl (C=O) groups is 1. The molecule has 0 bridgehead atoms. The van der Waals surface area contributed by atoms with E-state index in [1.165, 1.54) is 13.2 Å². The van der Waals surface area contributed by atoms with Gasteiger partial charge in [0, 0.05) is 11.6 Å². The molecule has 1 rings (SSSR count). The van der Waals surface area contributed by atoms with Gasteiger partial charge in [-0.3, -0.25) is 10.1 Å². The summed E-state index contributed by atoms with van der Waals surface area (Å²) in [5.74, 6) is -1.09. The van der Waals surface area contributed by atoms with E-state index >= 15 is 0 Å². The Morgan fingerprint density at radius 1 is 1.39 bits per heavy atom. The van der Waals surface area contributed by atoms with Crippen molar-refractivity contribution in [3.05, 3.63) is 33.4 Å². The molecular weight excluding hydrogens is 238 g/mol. The number of phenolic OH excluding ortho intramolecular Hbond substituents is 1. The Morgan fingerprint density at radius 2 is 1.94 bits per heavy atom. The van der Waals surface area contributed by atoms with Gasteiger partial charge in [0.15, 0.2) is 5.75 Å². The van der Waals surface area contributed by atoms with Crippen LogP contribution in [0.5, 0.6) is 5.75 Å². The Kier molecular flexibility index (Phi) is 3.59. The zero-order valence-corrected chi connectivity index (χ0v) is 10.7. The fourth-order valence-corrected chi connectivity index (χ4v) is 1.57. The number of nitro benzene ring substituents is 1. The molecule has 0 radical (unpaired) electrons. The molecule has 0 saturated carbocycles. The van der Waals surface area contributed by atoms with Crippen molar-refractivity contribution in [1.29, 1.82) is 0 Å². The van der Waals surface area contributed by atoms with Crippen LogP contribution >= 0.6 is 0 Å². The topological polar surface area (TPSA) is 89.7 Å². The Morgan fingerprint density at radius 3 is 2.33 bits per heavy atom. The molecular formula is C12H15NO5. The van der Waals surface area contributed by atoms with Gasteiger partial charge in [0.05, 0.1) is 17.6 Å². The third kappa shape index (κ3) is 2.58. The van der Waals surface area contributed by atoms with Crippen LogP contribution in [0.1, 0.15) is 36.7 Å². The maximum absolute atomic E-state index is 11.5. The number of hydrogen-bond acceptors (Lipinski definition) is 5. The van der Waals surface area contributed by atoms with Crippen LogP contribution in [0.4, 0.5) is 5.69 Å². The maximum Gasteiger partial charge on any atom is 0.338 e. The first-order valence-corrected chi connectivity index (χ1v) is 5.28. The number of benzene rings is 1. The van der Waals surface area contributed by atoms with E-state index in [0.717, 1.165) is 6.07 Å². The molecule has 1 aromatic rings. The lowest BCUT2D eigenvalue weighted by atomic mass is 9.85. The Labute approximate surface area is 104 Å². The van der Waals surface area contributed by atoms with Crippen LogP contribution in [0.2, 0.25) is 0 Å². The summed E-state index contributed by atoms with van der Waals surface area (Å²) in [6, 6.07) is 2.42. The SMILES string of the molecule is COC(=O)c1cc([N+](=O)[O-])c(O)c(C(C)(C)C)c1. The molecule has 98 valence electrons. The van der Waals surface area contributed by atoms with E-state index in [1.54, 1.807) is 20.8 Å². The van der Waals surface area contributed by atoms with Crippen molar-refractivity contribution in [1.82, 2.24) is 0 Å². The lowest BCUT2D eigenvalue weighted by molar-refractivity contribution is -0.386. The molecule has 0 atom stereocenters. The average Bonchev–Trinajstić information content (AvgIpc) is 2.26. The van der Waals surface area contributed by atoms with Crippen molar-refractivity contribution in [3.63, 3.8) is 0 Å². The van der Waals surface area contributed by atoms with Crippen LogP contribution in [-0.2, 0) is 10.2 Å². The van der Waals surface area contributed by atoms with Crippen LogP contribution in [0.3, 0.4) is 0 Å². The standard InChI is InChI=1S/C12H15NO5/c1-12(2,3)8-5-7(11(15)18-4)6-9(10(8)14)13(16)17/h5-6,14H,1-4H3. The molecule has 0 saturated heterocycles. The number of carbonyl (C=O) groups excluding carboxylic acids is 1. The minimum atomic E-state index is -0.725. The molecule has 0 aromatic heterocycles. The van der Waals surface area contributed by atoms with Gasteiger partial charge < -0.3 is 9.84 Å². The highest BCUT2D eigenvalue weighted by Gasteiger charge is 2.28. The van der Waals surface area contributed by atoms with E-state index in [-0.39, 0.29) is 5.56 Å². The lowest BCUT2D eigenvalue weighted by Gasteiger charge is -2.20. The number of aromatic hydroxyl groups is 1. The van der Waals surface area contributed by atoms with E-state index in [9.17, 15) is 20.0 Å². The minimum absolute atomic E-state index is 0.0481. The van der Waals surface area contributed by atoms with Crippen LogP contribution in [-0.4, -0.2) is 23.1 Å². The number of phenols is 1. The van der Waals surface area contributed by atoms with E-state index in [0.29, 0.717) is 5.56 Å². The smallest absolute Gasteiger partial charge is 0.338 e. The van der Waals surface area contributed by atoms with Gasteiger partial charge in [0.1, 0.15) is 0 Å². The number of nitrogens with zero attached hydrogens (tertiary/aromatic N) is 1. The lowest BCUT2D eigenvalue weighted by Crippen LogP contribution is -2.14. The first kappa shape index (κ1) is 14.0. The zero-order chi connectivity index (χ0) is 14.1. The second-order valence-corrected chi connectivity index (χ2v) is 4.89. The quantitative estimate of drug-likeness (QED) is 0.496. The van der Waals surface area contributed by atoms with Crippen molar-refractivity contribution in [2.45, 2.75) is 26.2 Å². The maximum atomic E-state index is 11.5. The van der Waals surface area contributed by atoms with Crippen LogP contribution in [0.15, 0.2) is 12.1 Å². The number of methoxy groups -OCH3 is 1. The van der Waals surface area contributed by atoms with Gasteiger partial charge in [-0.25, -0.2) is 4.79 Å². The predicted octanol–water partition coefficient (Wildman–Crippen LogP) is 2.38. The van der Waals surface area contributed by atoms with Crippen LogP contribution in [0.25, 0.3) is 0 Å². The highest BCUT2D eigenvalue weighted by atomic mass is 16.6. The van der Waals surface area contributed by atoms with Crippen molar-refractivity contribution in [3.8, 4) is 5.75 Å². The number of esters is 1. The summed E-state index contributed by atoms with van der Waals surface area (Å²) in [5, 5.41) is 20.7. The second kappa shape index (κ2) is 4.64. The first-order valence-electron chi connectivity index (χ1n) is 5.28. The van der Waals surface area contributed by atoms with Crippen LogP contribution in [0, 0.1) is 10.1 Å². The molecule has 18 heavy (non-hydrogen) atoms. The molecule has 0 heterocycles. The Hall–Kier alpha value is -2.11. The van der Waals surface area contributed by atoms with Gasteiger partial charge >= 0.3 is 11.7 Å². The van der Waals surface area contributed by atoms with E-state index < -0.39 is 27.7 Å². The van der Waals surface area contributed by atoms with Crippen LogP contribution < -0.4 is 0 Å². The van der Waals surface area contributed by atoms with E-state index in [2.05, 4.69) is 4.74 Å². The summed E-state index contributed by atoms with van der Waals surface area (Å²) in [7, 11) is 1.19. The molecule has 1 N–H and O–H groups in total. The average molecular weight is 253 g/mol. The molecule has 0 aliphatic rings. The van der Waals surface area contributed by atoms with Gasteiger partial charge in [0.2, 0.25) is 0 Å². The summed E-state index contributed by atoms with van der Waals surface area (Å²) >= 11 is 0. The first-order chi connectivity index (χ1) is 8.18. The number of rotatable bonds is 2. The Bertz CT molecular complexity index is 502. The monoisotopic (exact) mass is 253 g/mol. The molecule has 0 aliphatic carbocycles.